The summed E-state index contributed by atoms with van der Waals surface area (Å²) in [6, 6.07) is 18.5. The molecule has 2 heterocycles. The molecule has 35 heavy (non-hydrogen) atoms. The maximum Gasteiger partial charge on any atom is 0.265 e. The van der Waals surface area contributed by atoms with Crippen LogP contribution in [0.1, 0.15) is 36.3 Å². The van der Waals surface area contributed by atoms with Crippen LogP contribution in [0.3, 0.4) is 0 Å². The number of pyridine rings is 1. The summed E-state index contributed by atoms with van der Waals surface area (Å²) in [4.78, 5) is 27.4. The Labute approximate surface area is 203 Å². The van der Waals surface area contributed by atoms with Crippen molar-refractivity contribution in [3.63, 3.8) is 0 Å². The van der Waals surface area contributed by atoms with Gasteiger partial charge in [0.05, 0.1) is 36.9 Å². The fraction of sp³-hybridized carbons (Fsp3) is 0.250. The van der Waals surface area contributed by atoms with Gasteiger partial charge < -0.3 is 9.47 Å². The third-order valence-corrected chi connectivity index (χ3v) is 6.40. The minimum atomic E-state index is -0.277. The molecule has 5 rings (SSSR count). The number of aromatic nitrogens is 3. The Hall–Kier alpha value is -4.13. The zero-order valence-corrected chi connectivity index (χ0v) is 20.2. The minimum Gasteiger partial charge on any atom is -0.497 e. The molecule has 7 nitrogen and oxygen atoms in total. The smallest absolute Gasteiger partial charge is 0.265 e. The Bertz CT molecular complexity index is 1480. The molecule has 2 aromatic carbocycles. The molecule has 1 aliphatic carbocycles. The molecular formula is C28H27N3O4. The van der Waals surface area contributed by atoms with Crippen molar-refractivity contribution >= 4 is 5.78 Å². The highest BCUT2D eigenvalue weighted by atomic mass is 16.5. The first-order valence-corrected chi connectivity index (χ1v) is 11.5. The van der Waals surface area contributed by atoms with E-state index in [0.717, 1.165) is 5.69 Å². The Morgan fingerprint density at radius 3 is 2.37 bits per heavy atom. The second kappa shape index (κ2) is 8.58. The van der Waals surface area contributed by atoms with Crippen LogP contribution in [0.15, 0.2) is 71.7 Å². The van der Waals surface area contributed by atoms with Crippen LogP contribution in [0.2, 0.25) is 0 Å². The van der Waals surface area contributed by atoms with Gasteiger partial charge in [-0.1, -0.05) is 32.0 Å². The summed E-state index contributed by atoms with van der Waals surface area (Å²) >= 11 is 0. The zero-order chi connectivity index (χ0) is 24.7. The molecule has 0 N–H and O–H groups in total. The number of carbonyl (C=O) groups excluding carboxylic acids is 1. The first-order valence-electron chi connectivity index (χ1n) is 11.5. The van der Waals surface area contributed by atoms with Crippen LogP contribution in [-0.2, 0) is 6.42 Å². The van der Waals surface area contributed by atoms with E-state index in [0.29, 0.717) is 52.5 Å². The van der Waals surface area contributed by atoms with Crippen molar-refractivity contribution in [1.82, 2.24) is 14.3 Å². The average molecular weight is 470 g/mol. The summed E-state index contributed by atoms with van der Waals surface area (Å²) in [5, 5.41) is 4.66. The number of fused-ring (bicyclic) bond motifs is 1. The van der Waals surface area contributed by atoms with E-state index in [1.165, 1.54) is 0 Å². The van der Waals surface area contributed by atoms with Gasteiger partial charge >= 0.3 is 0 Å². The van der Waals surface area contributed by atoms with E-state index in [1.807, 2.05) is 50.4 Å². The molecule has 0 aliphatic heterocycles. The fourth-order valence-electron chi connectivity index (χ4n) is 4.72. The second-order valence-electron chi connectivity index (χ2n) is 9.52. The van der Waals surface area contributed by atoms with Crippen LogP contribution < -0.4 is 15.0 Å². The maximum atomic E-state index is 14.1. The van der Waals surface area contributed by atoms with Crippen LogP contribution in [-0.4, -0.2) is 34.4 Å². The molecule has 0 amide bonds. The molecule has 0 unspecified atom stereocenters. The van der Waals surface area contributed by atoms with Gasteiger partial charge in [0, 0.05) is 29.9 Å². The number of para-hydroxylation sites is 1. The van der Waals surface area contributed by atoms with Gasteiger partial charge in [0.1, 0.15) is 11.5 Å². The molecule has 0 fully saturated rings. The lowest BCUT2D eigenvalue weighted by atomic mass is 9.75. The van der Waals surface area contributed by atoms with Gasteiger partial charge in [-0.15, -0.1) is 0 Å². The lowest BCUT2D eigenvalue weighted by Crippen LogP contribution is -2.35. The minimum absolute atomic E-state index is 0.00982. The predicted octanol–water partition coefficient (Wildman–Crippen LogP) is 4.86. The Kier molecular flexibility index (Phi) is 5.55. The number of carbonyl (C=O) groups is 1. The van der Waals surface area contributed by atoms with E-state index < -0.39 is 0 Å². The topological polar surface area (TPSA) is 75.3 Å². The lowest BCUT2D eigenvalue weighted by Gasteiger charge is -2.32. The number of hydrogen-bond donors (Lipinski definition) is 0. The van der Waals surface area contributed by atoms with E-state index in [9.17, 15) is 9.59 Å². The molecule has 0 spiro atoms. The highest BCUT2D eigenvalue weighted by Crippen LogP contribution is 2.38. The summed E-state index contributed by atoms with van der Waals surface area (Å²) in [5.74, 6) is 1.11. The van der Waals surface area contributed by atoms with Gasteiger partial charge in [-0.2, -0.15) is 5.10 Å². The number of nitrogens with zero attached hydrogens (tertiary/aromatic N) is 3. The summed E-state index contributed by atoms with van der Waals surface area (Å²) in [7, 11) is 3.13. The monoisotopic (exact) mass is 469 g/mol. The molecule has 2 aromatic heterocycles. The van der Waals surface area contributed by atoms with Crippen molar-refractivity contribution in [1.29, 1.82) is 0 Å². The molecular weight excluding hydrogens is 442 g/mol. The average Bonchev–Trinajstić information content (AvgIpc) is 3.33. The lowest BCUT2D eigenvalue weighted by molar-refractivity contribution is 0.0909. The zero-order valence-electron chi connectivity index (χ0n) is 20.2. The summed E-state index contributed by atoms with van der Waals surface area (Å²) in [5.41, 5.74) is 2.94. The van der Waals surface area contributed by atoms with Gasteiger partial charge in [-0.3, -0.25) is 14.2 Å². The summed E-state index contributed by atoms with van der Waals surface area (Å²) in [6.45, 7) is 4.09. The number of ether oxygens (including phenoxy) is 2. The number of benzene rings is 2. The van der Waals surface area contributed by atoms with Gasteiger partial charge in [-0.05, 0) is 48.2 Å². The Morgan fingerprint density at radius 1 is 0.886 bits per heavy atom. The fourth-order valence-corrected chi connectivity index (χ4v) is 4.72. The number of ketones is 1. The Balaban J connectivity index is 1.79. The second-order valence-corrected chi connectivity index (χ2v) is 9.52. The van der Waals surface area contributed by atoms with Gasteiger partial charge in [0.15, 0.2) is 5.78 Å². The summed E-state index contributed by atoms with van der Waals surface area (Å²) < 4.78 is 14.4. The molecule has 0 saturated carbocycles. The molecule has 4 aromatic rings. The van der Waals surface area contributed by atoms with E-state index in [2.05, 4.69) is 5.10 Å². The molecule has 0 atom stereocenters. The highest BCUT2D eigenvalue weighted by Gasteiger charge is 2.35. The molecule has 0 bridgehead atoms. The predicted molar refractivity (Wildman–Crippen MR) is 134 cm³/mol. The normalized spacial score (nSPS) is 14.5. The largest absolute Gasteiger partial charge is 0.497 e. The number of Topliss-reactive ketones (excluding diaryl/α,β-unsaturated/α-hetero) is 1. The molecule has 0 saturated heterocycles. The van der Waals surface area contributed by atoms with E-state index >= 15 is 0 Å². The van der Waals surface area contributed by atoms with Crippen LogP contribution in [0.25, 0.3) is 22.6 Å². The van der Waals surface area contributed by atoms with Crippen LogP contribution in [0.4, 0.5) is 0 Å². The number of methoxy groups -OCH3 is 2. The van der Waals surface area contributed by atoms with E-state index in [4.69, 9.17) is 9.47 Å². The van der Waals surface area contributed by atoms with E-state index in [1.54, 1.807) is 53.8 Å². The van der Waals surface area contributed by atoms with Crippen molar-refractivity contribution < 1.29 is 14.3 Å². The van der Waals surface area contributed by atoms with Crippen molar-refractivity contribution in [2.45, 2.75) is 26.7 Å². The highest BCUT2D eigenvalue weighted by molar-refractivity contribution is 5.99. The number of rotatable bonds is 5. The van der Waals surface area contributed by atoms with Crippen molar-refractivity contribution in [3.8, 4) is 34.1 Å². The van der Waals surface area contributed by atoms with Crippen LogP contribution in [0, 0.1) is 5.41 Å². The van der Waals surface area contributed by atoms with Crippen molar-refractivity contribution in [2.75, 3.05) is 14.2 Å². The van der Waals surface area contributed by atoms with Crippen LogP contribution in [0.5, 0.6) is 11.5 Å². The van der Waals surface area contributed by atoms with Gasteiger partial charge in [0.2, 0.25) is 0 Å². The standard InChI is InChI=1S/C28H27N3O4/c1-28(2)16-24-21(25(32)17-28)15-20(22-12-13-30(29-22)18-8-6-5-7-9-18)27(33)31(24)23-14-19(34-3)10-11-26(23)35-4/h5-15H,16-17H2,1-4H3. The first kappa shape index (κ1) is 22.7. The summed E-state index contributed by atoms with van der Waals surface area (Å²) in [6.07, 6.45) is 2.79. The third-order valence-electron chi connectivity index (χ3n) is 6.40. The molecule has 1 aliphatic rings. The molecule has 7 heteroatoms. The van der Waals surface area contributed by atoms with Crippen molar-refractivity contribution in [2.24, 2.45) is 5.41 Å². The van der Waals surface area contributed by atoms with Crippen molar-refractivity contribution in [3.05, 3.63) is 88.5 Å². The Morgan fingerprint density at radius 2 is 1.66 bits per heavy atom. The van der Waals surface area contributed by atoms with Crippen LogP contribution >= 0.6 is 0 Å². The SMILES string of the molecule is COc1ccc(OC)c(-n2c3c(cc(-c4ccn(-c5ccccc5)n4)c2=O)C(=O)CC(C)(C)C3)c1. The quantitative estimate of drug-likeness (QED) is 0.417. The molecule has 178 valence electrons. The number of hydrogen-bond acceptors (Lipinski definition) is 5. The first-order chi connectivity index (χ1) is 16.8. The molecule has 0 radical (unpaired) electrons. The van der Waals surface area contributed by atoms with Gasteiger partial charge in [-0.25, -0.2) is 4.68 Å². The third kappa shape index (κ3) is 4.03. The maximum absolute atomic E-state index is 14.1. The van der Waals surface area contributed by atoms with Gasteiger partial charge in [0.25, 0.3) is 5.56 Å². The van der Waals surface area contributed by atoms with E-state index in [-0.39, 0.29) is 16.8 Å².